The van der Waals surface area contributed by atoms with Crippen LogP contribution >= 0.6 is 0 Å². The van der Waals surface area contributed by atoms with E-state index in [4.69, 9.17) is 9.84 Å². The lowest BCUT2D eigenvalue weighted by molar-refractivity contribution is -0.121. The van der Waals surface area contributed by atoms with Gasteiger partial charge >= 0.3 is 5.97 Å². The van der Waals surface area contributed by atoms with Gasteiger partial charge in [-0.15, -0.1) is 0 Å². The molecule has 0 bridgehead atoms. The van der Waals surface area contributed by atoms with Crippen LogP contribution in [-0.2, 0) is 4.79 Å². The summed E-state index contributed by atoms with van der Waals surface area (Å²) in [6.07, 6.45) is 9.79. The monoisotopic (exact) mass is 349 g/mol. The lowest BCUT2D eigenvalue weighted by Gasteiger charge is -2.06. The molecular formula is C20H31NO4. The fourth-order valence-corrected chi connectivity index (χ4v) is 2.62. The van der Waals surface area contributed by atoms with E-state index < -0.39 is 5.97 Å². The van der Waals surface area contributed by atoms with Crippen LogP contribution < -0.4 is 10.1 Å². The molecule has 0 aromatic heterocycles. The third-order valence-corrected chi connectivity index (χ3v) is 4.04. The van der Waals surface area contributed by atoms with Gasteiger partial charge in [0.05, 0.1) is 12.2 Å². The molecule has 5 nitrogen and oxygen atoms in total. The molecule has 2 N–H and O–H groups in total. The van der Waals surface area contributed by atoms with E-state index in [-0.39, 0.29) is 11.5 Å². The molecule has 0 aliphatic carbocycles. The topological polar surface area (TPSA) is 75.6 Å². The summed E-state index contributed by atoms with van der Waals surface area (Å²) in [6, 6.07) is 6.52. The van der Waals surface area contributed by atoms with Crippen molar-refractivity contribution in [2.75, 3.05) is 13.2 Å². The number of carbonyl (C=O) groups is 2. The number of ether oxygens (including phenoxy) is 1. The maximum absolute atomic E-state index is 11.3. The van der Waals surface area contributed by atoms with Crippen LogP contribution in [0.1, 0.15) is 75.1 Å². The highest BCUT2D eigenvalue weighted by Crippen LogP contribution is 2.14. The van der Waals surface area contributed by atoms with Crippen molar-refractivity contribution in [2.45, 2.75) is 64.7 Å². The van der Waals surface area contributed by atoms with Gasteiger partial charge in [-0.3, -0.25) is 4.79 Å². The van der Waals surface area contributed by atoms with Crippen LogP contribution in [-0.4, -0.2) is 30.1 Å². The van der Waals surface area contributed by atoms with E-state index in [9.17, 15) is 9.59 Å². The summed E-state index contributed by atoms with van der Waals surface area (Å²) in [5.41, 5.74) is 0.276. The number of carboxylic acid groups (broad SMARTS) is 1. The maximum atomic E-state index is 11.3. The van der Waals surface area contributed by atoms with Crippen LogP contribution in [0.3, 0.4) is 0 Å². The fraction of sp³-hybridized carbons (Fsp3) is 0.600. The molecule has 0 fully saturated rings. The summed E-state index contributed by atoms with van der Waals surface area (Å²) < 4.78 is 5.61. The van der Waals surface area contributed by atoms with Crippen LogP contribution in [0, 0.1) is 0 Å². The lowest BCUT2D eigenvalue weighted by atomic mass is 10.1. The minimum Gasteiger partial charge on any atom is -0.494 e. The molecule has 0 spiro atoms. The Hall–Kier alpha value is -2.04. The third kappa shape index (κ3) is 10.4. The Labute approximate surface area is 150 Å². The van der Waals surface area contributed by atoms with Crippen molar-refractivity contribution in [1.29, 1.82) is 0 Å². The van der Waals surface area contributed by atoms with Crippen LogP contribution in [0.25, 0.3) is 0 Å². The van der Waals surface area contributed by atoms with Crippen LogP contribution in [0.2, 0.25) is 0 Å². The quantitative estimate of drug-likeness (QED) is 0.488. The minimum absolute atomic E-state index is 0.167. The summed E-state index contributed by atoms with van der Waals surface area (Å²) in [7, 11) is 0. The second-order valence-electron chi connectivity index (χ2n) is 6.21. The van der Waals surface area contributed by atoms with Crippen molar-refractivity contribution < 1.29 is 19.4 Å². The van der Waals surface area contributed by atoms with Gasteiger partial charge in [0.2, 0.25) is 5.91 Å². The Balaban J connectivity index is 1.90. The number of unbranched alkanes of at least 4 members (excludes halogenated alkanes) is 7. The number of amides is 1. The number of hydrogen-bond acceptors (Lipinski definition) is 3. The molecule has 0 aliphatic heterocycles. The molecule has 1 rings (SSSR count). The van der Waals surface area contributed by atoms with Crippen LogP contribution in [0.15, 0.2) is 24.3 Å². The normalized spacial score (nSPS) is 10.4. The molecule has 0 radical (unpaired) electrons. The molecular weight excluding hydrogens is 318 g/mol. The number of hydrogen-bond donors (Lipinski definition) is 2. The zero-order valence-electron chi connectivity index (χ0n) is 15.3. The van der Waals surface area contributed by atoms with Crippen molar-refractivity contribution in [3.63, 3.8) is 0 Å². The summed E-state index contributed by atoms with van der Waals surface area (Å²) in [5, 5.41) is 11.6. The van der Waals surface area contributed by atoms with Gasteiger partial charge in [0.15, 0.2) is 0 Å². The molecule has 25 heavy (non-hydrogen) atoms. The predicted molar refractivity (Wildman–Crippen MR) is 99.1 cm³/mol. The molecule has 0 saturated heterocycles. The highest BCUT2D eigenvalue weighted by molar-refractivity contribution is 5.87. The molecule has 0 atom stereocenters. The molecule has 0 saturated carbocycles. The van der Waals surface area contributed by atoms with Gasteiger partial charge < -0.3 is 15.2 Å². The van der Waals surface area contributed by atoms with E-state index in [0.29, 0.717) is 13.0 Å². The zero-order chi connectivity index (χ0) is 18.3. The third-order valence-electron chi connectivity index (χ3n) is 4.04. The molecule has 0 unspecified atom stereocenters. The summed E-state index contributed by atoms with van der Waals surface area (Å²) in [4.78, 5) is 22.0. The predicted octanol–water partition coefficient (Wildman–Crippen LogP) is 4.41. The van der Waals surface area contributed by atoms with Gasteiger partial charge in [0.1, 0.15) is 5.75 Å². The number of benzene rings is 1. The number of aromatic carboxylic acids is 1. The summed E-state index contributed by atoms with van der Waals surface area (Å²) >= 11 is 0. The van der Waals surface area contributed by atoms with E-state index in [1.54, 1.807) is 24.3 Å². The summed E-state index contributed by atoms with van der Waals surface area (Å²) in [5.74, 6) is -0.0343. The number of carboxylic acids is 1. The molecule has 0 aliphatic rings. The van der Waals surface area contributed by atoms with Gasteiger partial charge in [0, 0.05) is 13.0 Å². The molecule has 5 heteroatoms. The highest BCUT2D eigenvalue weighted by Gasteiger charge is 2.02. The summed E-state index contributed by atoms with van der Waals surface area (Å²) in [6.45, 7) is 3.33. The minimum atomic E-state index is -0.921. The van der Waals surface area contributed by atoms with Crippen molar-refractivity contribution in [3.05, 3.63) is 29.8 Å². The average Bonchev–Trinajstić information content (AvgIpc) is 2.60. The number of carbonyl (C=O) groups excluding carboxylic acids is 1. The van der Waals surface area contributed by atoms with Crippen molar-refractivity contribution >= 4 is 11.9 Å². The maximum Gasteiger partial charge on any atom is 0.335 e. The van der Waals surface area contributed by atoms with E-state index >= 15 is 0 Å². The lowest BCUT2D eigenvalue weighted by Crippen LogP contribution is -2.21. The first-order valence-corrected chi connectivity index (χ1v) is 9.36. The Morgan fingerprint density at radius 2 is 1.48 bits per heavy atom. The van der Waals surface area contributed by atoms with Gasteiger partial charge in [-0.05, 0) is 44.0 Å². The van der Waals surface area contributed by atoms with E-state index in [2.05, 4.69) is 5.32 Å². The standard InChI is InChI=1S/C20H31NO4/c1-2-21-19(22)11-9-7-5-3-4-6-8-10-16-25-18-14-12-17(13-15-18)20(23)24/h12-15H,2-11,16H2,1H3,(H,21,22)(H,23,24). The molecule has 1 aromatic rings. The SMILES string of the molecule is CCNC(=O)CCCCCCCCCCOc1ccc(C(=O)O)cc1. The first kappa shape index (κ1) is 21.0. The van der Waals surface area contributed by atoms with Crippen molar-refractivity contribution in [3.8, 4) is 5.75 Å². The van der Waals surface area contributed by atoms with Gasteiger partial charge in [0.25, 0.3) is 0 Å². The number of nitrogens with one attached hydrogen (secondary N) is 1. The smallest absolute Gasteiger partial charge is 0.335 e. The van der Waals surface area contributed by atoms with E-state index in [0.717, 1.165) is 38.0 Å². The van der Waals surface area contributed by atoms with E-state index in [1.807, 2.05) is 6.92 Å². The first-order valence-electron chi connectivity index (χ1n) is 9.36. The largest absolute Gasteiger partial charge is 0.494 e. The molecule has 0 heterocycles. The Bertz CT molecular complexity index is 499. The van der Waals surface area contributed by atoms with Crippen molar-refractivity contribution in [2.24, 2.45) is 0 Å². The van der Waals surface area contributed by atoms with Crippen LogP contribution in [0.5, 0.6) is 5.75 Å². The Morgan fingerprint density at radius 1 is 0.920 bits per heavy atom. The second-order valence-corrected chi connectivity index (χ2v) is 6.21. The van der Waals surface area contributed by atoms with Gasteiger partial charge in [-0.25, -0.2) is 4.79 Å². The highest BCUT2D eigenvalue weighted by atomic mass is 16.5. The van der Waals surface area contributed by atoms with E-state index in [1.165, 1.54) is 25.7 Å². The fourth-order valence-electron chi connectivity index (χ4n) is 2.62. The molecule has 140 valence electrons. The molecule has 1 aromatic carbocycles. The molecule has 1 amide bonds. The first-order chi connectivity index (χ1) is 12.1. The Kier molecular flexibility index (Phi) is 11.2. The average molecular weight is 349 g/mol. The zero-order valence-corrected chi connectivity index (χ0v) is 15.3. The Morgan fingerprint density at radius 3 is 2.04 bits per heavy atom. The van der Waals surface area contributed by atoms with Crippen LogP contribution in [0.4, 0.5) is 0 Å². The number of rotatable bonds is 14. The van der Waals surface area contributed by atoms with Crippen molar-refractivity contribution in [1.82, 2.24) is 5.32 Å². The van der Waals surface area contributed by atoms with Gasteiger partial charge in [-0.1, -0.05) is 38.5 Å². The second kappa shape index (κ2) is 13.3. The van der Waals surface area contributed by atoms with Gasteiger partial charge in [-0.2, -0.15) is 0 Å².